The van der Waals surface area contributed by atoms with E-state index in [1.807, 2.05) is 36.4 Å². The summed E-state index contributed by atoms with van der Waals surface area (Å²) in [5.74, 6) is 0.908. The Balaban J connectivity index is 2.00. The molecule has 1 N–H and O–H groups in total. The molecular formula is C20H21N3O. The van der Waals surface area contributed by atoms with Crippen molar-refractivity contribution in [3.8, 4) is 5.75 Å². The number of aliphatic imine (C=N–C) groups is 1. The largest absolute Gasteiger partial charge is 0.507 e. The molecule has 0 atom stereocenters. The molecule has 0 amide bonds. The topological polar surface area (TPSA) is 50.4 Å². The number of phenols is 1. The van der Waals surface area contributed by atoms with Crippen LogP contribution in [0.15, 0.2) is 60.1 Å². The summed E-state index contributed by atoms with van der Waals surface area (Å²) in [6, 6.07) is 13.7. The summed E-state index contributed by atoms with van der Waals surface area (Å²) in [6.45, 7) is 6.71. The van der Waals surface area contributed by atoms with Crippen molar-refractivity contribution in [2.45, 2.75) is 26.3 Å². The Bertz CT molecular complexity index is 893. The molecule has 0 aliphatic rings. The highest BCUT2D eigenvalue weighted by Crippen LogP contribution is 2.25. The van der Waals surface area contributed by atoms with Gasteiger partial charge < -0.3 is 9.67 Å². The van der Waals surface area contributed by atoms with Gasteiger partial charge >= 0.3 is 0 Å². The lowest BCUT2D eigenvalue weighted by atomic mass is 10.1. The molecule has 3 rings (SSSR count). The SMILES string of the molecule is C=CCc1cccc(C=Nc2nc3ccccc3n2CCC)c1O. The first-order chi connectivity index (χ1) is 11.7. The molecule has 2 aromatic carbocycles. The van der Waals surface area contributed by atoms with Crippen LogP contribution in [0.25, 0.3) is 11.0 Å². The molecule has 3 aromatic rings. The van der Waals surface area contributed by atoms with Gasteiger partial charge in [0.25, 0.3) is 0 Å². The Morgan fingerprint density at radius 2 is 2.04 bits per heavy atom. The molecule has 1 heterocycles. The monoisotopic (exact) mass is 319 g/mol. The van der Waals surface area contributed by atoms with Crippen LogP contribution < -0.4 is 0 Å². The molecule has 1 aromatic heterocycles. The number of rotatable bonds is 6. The smallest absolute Gasteiger partial charge is 0.230 e. The molecular weight excluding hydrogens is 298 g/mol. The lowest BCUT2D eigenvalue weighted by Crippen LogP contribution is -1.96. The molecule has 0 radical (unpaired) electrons. The average molecular weight is 319 g/mol. The van der Waals surface area contributed by atoms with Gasteiger partial charge in [-0.1, -0.05) is 37.3 Å². The molecule has 0 fully saturated rings. The Morgan fingerprint density at radius 1 is 1.21 bits per heavy atom. The number of aromatic hydroxyl groups is 1. The number of hydrogen-bond donors (Lipinski definition) is 1. The summed E-state index contributed by atoms with van der Waals surface area (Å²) >= 11 is 0. The first-order valence-corrected chi connectivity index (χ1v) is 8.15. The van der Waals surface area contributed by atoms with Gasteiger partial charge in [0.05, 0.1) is 11.0 Å². The average Bonchev–Trinajstić information content (AvgIpc) is 2.94. The van der Waals surface area contributed by atoms with Gasteiger partial charge in [-0.15, -0.1) is 6.58 Å². The van der Waals surface area contributed by atoms with Crippen LogP contribution in [0, 0.1) is 0 Å². The highest BCUT2D eigenvalue weighted by molar-refractivity contribution is 5.86. The molecule has 24 heavy (non-hydrogen) atoms. The van der Waals surface area contributed by atoms with E-state index in [4.69, 9.17) is 0 Å². The van der Waals surface area contributed by atoms with Crippen molar-refractivity contribution < 1.29 is 5.11 Å². The second-order valence-electron chi connectivity index (χ2n) is 5.66. The van der Waals surface area contributed by atoms with E-state index in [0.29, 0.717) is 17.9 Å². The number of phenolic OH excluding ortho intramolecular Hbond substituents is 1. The van der Waals surface area contributed by atoms with Crippen molar-refractivity contribution in [2.75, 3.05) is 0 Å². The predicted octanol–water partition coefficient (Wildman–Crippen LogP) is 4.63. The van der Waals surface area contributed by atoms with Gasteiger partial charge in [-0.05, 0) is 36.6 Å². The lowest BCUT2D eigenvalue weighted by Gasteiger charge is -2.05. The van der Waals surface area contributed by atoms with Gasteiger partial charge in [-0.3, -0.25) is 0 Å². The van der Waals surface area contributed by atoms with Gasteiger partial charge in [0.2, 0.25) is 5.95 Å². The summed E-state index contributed by atoms with van der Waals surface area (Å²) in [5, 5.41) is 10.3. The Kier molecular flexibility index (Phi) is 4.75. The van der Waals surface area contributed by atoms with Crippen molar-refractivity contribution >= 4 is 23.2 Å². The zero-order chi connectivity index (χ0) is 16.9. The van der Waals surface area contributed by atoms with E-state index in [-0.39, 0.29) is 5.75 Å². The Morgan fingerprint density at radius 3 is 2.83 bits per heavy atom. The number of aryl methyl sites for hydroxylation is 1. The molecule has 0 aliphatic carbocycles. The number of para-hydroxylation sites is 3. The molecule has 122 valence electrons. The van der Waals surface area contributed by atoms with Crippen LogP contribution in [0.2, 0.25) is 0 Å². The van der Waals surface area contributed by atoms with E-state index in [1.54, 1.807) is 12.3 Å². The number of benzene rings is 2. The van der Waals surface area contributed by atoms with E-state index >= 15 is 0 Å². The summed E-state index contributed by atoms with van der Waals surface area (Å²) in [5.41, 5.74) is 3.54. The van der Waals surface area contributed by atoms with Crippen molar-refractivity contribution in [1.82, 2.24) is 9.55 Å². The van der Waals surface area contributed by atoms with Gasteiger partial charge in [0, 0.05) is 18.3 Å². The minimum absolute atomic E-state index is 0.249. The Labute approximate surface area is 141 Å². The second kappa shape index (κ2) is 7.13. The fourth-order valence-electron chi connectivity index (χ4n) is 2.77. The van der Waals surface area contributed by atoms with E-state index in [2.05, 4.69) is 34.1 Å². The first-order valence-electron chi connectivity index (χ1n) is 8.15. The van der Waals surface area contributed by atoms with E-state index in [1.165, 1.54) is 0 Å². The maximum absolute atomic E-state index is 10.3. The van der Waals surface area contributed by atoms with Crippen LogP contribution >= 0.6 is 0 Å². The third-order valence-electron chi connectivity index (χ3n) is 3.92. The maximum atomic E-state index is 10.3. The number of hydrogen-bond acceptors (Lipinski definition) is 3. The standard InChI is InChI=1S/C20H21N3O/c1-3-8-15-9-7-10-16(19(15)24)14-21-20-22-17-11-5-6-12-18(17)23(20)13-4-2/h3,5-7,9-12,14,24H,1,4,8,13H2,2H3. The van der Waals surface area contributed by atoms with Crippen molar-refractivity contribution in [2.24, 2.45) is 4.99 Å². The first kappa shape index (κ1) is 16.0. The van der Waals surface area contributed by atoms with Gasteiger partial charge in [0.1, 0.15) is 5.75 Å². The van der Waals surface area contributed by atoms with E-state index in [0.717, 1.165) is 29.6 Å². The molecule has 4 nitrogen and oxygen atoms in total. The summed E-state index contributed by atoms with van der Waals surface area (Å²) in [6.07, 6.45) is 5.08. The zero-order valence-electron chi connectivity index (χ0n) is 13.8. The van der Waals surface area contributed by atoms with Crippen LogP contribution in [-0.2, 0) is 13.0 Å². The number of nitrogens with zero attached hydrogens (tertiary/aromatic N) is 3. The number of fused-ring (bicyclic) bond motifs is 1. The highest BCUT2D eigenvalue weighted by Gasteiger charge is 2.09. The molecule has 0 unspecified atom stereocenters. The van der Waals surface area contributed by atoms with Crippen molar-refractivity contribution in [1.29, 1.82) is 0 Å². The molecule has 0 aliphatic heterocycles. The number of imidazole rings is 1. The summed E-state index contributed by atoms with van der Waals surface area (Å²) in [7, 11) is 0. The van der Waals surface area contributed by atoms with Crippen molar-refractivity contribution in [3.63, 3.8) is 0 Å². The van der Waals surface area contributed by atoms with Crippen LogP contribution in [0.5, 0.6) is 5.75 Å². The normalized spacial score (nSPS) is 11.4. The van der Waals surface area contributed by atoms with Gasteiger partial charge in [-0.25, -0.2) is 9.98 Å². The number of allylic oxidation sites excluding steroid dienone is 1. The maximum Gasteiger partial charge on any atom is 0.230 e. The third kappa shape index (κ3) is 3.08. The van der Waals surface area contributed by atoms with Gasteiger partial charge in [-0.2, -0.15) is 0 Å². The quantitative estimate of drug-likeness (QED) is 0.532. The molecule has 0 spiro atoms. The third-order valence-corrected chi connectivity index (χ3v) is 3.92. The minimum atomic E-state index is 0.249. The second-order valence-corrected chi connectivity index (χ2v) is 5.66. The molecule has 0 saturated heterocycles. The fourth-order valence-corrected chi connectivity index (χ4v) is 2.77. The molecule has 4 heteroatoms. The van der Waals surface area contributed by atoms with Gasteiger partial charge in [0.15, 0.2) is 0 Å². The van der Waals surface area contributed by atoms with Crippen LogP contribution in [0.4, 0.5) is 5.95 Å². The minimum Gasteiger partial charge on any atom is -0.507 e. The van der Waals surface area contributed by atoms with Crippen molar-refractivity contribution in [3.05, 3.63) is 66.2 Å². The highest BCUT2D eigenvalue weighted by atomic mass is 16.3. The predicted molar refractivity (Wildman–Crippen MR) is 99.3 cm³/mol. The Hall–Kier alpha value is -2.88. The summed E-state index contributed by atoms with van der Waals surface area (Å²) < 4.78 is 2.11. The van der Waals surface area contributed by atoms with Crippen LogP contribution in [-0.4, -0.2) is 20.9 Å². The number of aromatic nitrogens is 2. The van der Waals surface area contributed by atoms with E-state index in [9.17, 15) is 5.11 Å². The molecule has 0 saturated carbocycles. The summed E-state index contributed by atoms with van der Waals surface area (Å²) in [4.78, 5) is 9.14. The van der Waals surface area contributed by atoms with Crippen LogP contribution in [0.3, 0.4) is 0 Å². The van der Waals surface area contributed by atoms with E-state index < -0.39 is 0 Å². The molecule has 0 bridgehead atoms. The zero-order valence-corrected chi connectivity index (χ0v) is 13.8. The van der Waals surface area contributed by atoms with Crippen LogP contribution in [0.1, 0.15) is 24.5 Å². The lowest BCUT2D eigenvalue weighted by molar-refractivity contribution is 0.469. The fraction of sp³-hybridized carbons (Fsp3) is 0.200.